The van der Waals surface area contributed by atoms with Crippen LogP contribution in [0.15, 0.2) is 57.8 Å². The van der Waals surface area contributed by atoms with Crippen molar-refractivity contribution in [3.05, 3.63) is 69.2 Å². The van der Waals surface area contributed by atoms with E-state index in [-0.39, 0.29) is 11.6 Å². The van der Waals surface area contributed by atoms with Gasteiger partial charge in [-0.15, -0.1) is 0 Å². The molecule has 0 aliphatic rings. The summed E-state index contributed by atoms with van der Waals surface area (Å²) >= 11 is 3.48. The Labute approximate surface area is 175 Å². The van der Waals surface area contributed by atoms with Gasteiger partial charge < -0.3 is 5.32 Å². The number of nitrogens with zero attached hydrogens (tertiary/aromatic N) is 2. The maximum atomic E-state index is 13.4. The van der Waals surface area contributed by atoms with E-state index in [1.807, 2.05) is 48.5 Å². The average Bonchev–Trinajstić information content (AvgIpc) is 2.72. The van der Waals surface area contributed by atoms with Crippen molar-refractivity contribution in [2.75, 3.05) is 6.54 Å². The third kappa shape index (κ3) is 4.70. The number of aromatic nitrogens is 2. The van der Waals surface area contributed by atoms with E-state index in [4.69, 9.17) is 4.98 Å². The van der Waals surface area contributed by atoms with Crippen molar-refractivity contribution in [3.8, 4) is 5.69 Å². The van der Waals surface area contributed by atoms with Crippen LogP contribution in [0, 0.1) is 0 Å². The minimum atomic E-state index is -0.0193. The number of fused-ring (bicyclic) bond motifs is 1. The molecule has 0 fully saturated rings. The fraction of sp³-hybridized carbons (Fsp3) is 0.391. The van der Waals surface area contributed by atoms with Crippen LogP contribution in [-0.2, 0) is 0 Å². The summed E-state index contributed by atoms with van der Waals surface area (Å²) in [5.74, 6) is 0.781. The van der Waals surface area contributed by atoms with E-state index in [2.05, 4.69) is 35.1 Å². The Morgan fingerprint density at radius 1 is 1.04 bits per heavy atom. The van der Waals surface area contributed by atoms with Crippen LogP contribution in [0.25, 0.3) is 16.6 Å². The molecular weight excluding hydrogens is 414 g/mol. The number of halogens is 1. The lowest BCUT2D eigenvalue weighted by molar-refractivity contribution is 0.469. The van der Waals surface area contributed by atoms with E-state index in [1.54, 1.807) is 4.57 Å². The molecule has 0 bridgehead atoms. The van der Waals surface area contributed by atoms with Crippen LogP contribution >= 0.6 is 15.9 Å². The Kier molecular flexibility index (Phi) is 7.40. The molecule has 28 heavy (non-hydrogen) atoms. The van der Waals surface area contributed by atoms with Gasteiger partial charge in [0.1, 0.15) is 5.82 Å². The molecule has 0 radical (unpaired) electrons. The lowest BCUT2D eigenvalue weighted by Gasteiger charge is -2.22. The van der Waals surface area contributed by atoms with Gasteiger partial charge in [-0.2, -0.15) is 0 Å². The van der Waals surface area contributed by atoms with Crippen LogP contribution < -0.4 is 10.9 Å². The van der Waals surface area contributed by atoms with Crippen molar-refractivity contribution in [1.82, 2.24) is 14.9 Å². The predicted octanol–water partition coefficient (Wildman–Crippen LogP) is 5.77. The maximum absolute atomic E-state index is 13.4. The van der Waals surface area contributed by atoms with Gasteiger partial charge in [-0.3, -0.25) is 9.36 Å². The van der Waals surface area contributed by atoms with Crippen LogP contribution in [-0.4, -0.2) is 16.1 Å². The third-order valence-electron chi connectivity index (χ3n) is 5.03. The van der Waals surface area contributed by atoms with E-state index in [1.165, 1.54) is 19.3 Å². The van der Waals surface area contributed by atoms with Crippen LogP contribution in [0.2, 0.25) is 0 Å². The lowest BCUT2D eigenvalue weighted by Crippen LogP contribution is -2.31. The van der Waals surface area contributed by atoms with Crippen molar-refractivity contribution in [2.24, 2.45) is 0 Å². The molecule has 1 N–H and O–H groups in total. The second kappa shape index (κ2) is 9.99. The van der Waals surface area contributed by atoms with Crippen LogP contribution in [0.5, 0.6) is 0 Å². The quantitative estimate of drug-likeness (QED) is 0.428. The highest BCUT2D eigenvalue weighted by Crippen LogP contribution is 2.21. The maximum Gasteiger partial charge on any atom is 0.266 e. The van der Waals surface area contributed by atoms with Crippen molar-refractivity contribution < 1.29 is 0 Å². The summed E-state index contributed by atoms with van der Waals surface area (Å²) in [7, 11) is 0. The van der Waals surface area contributed by atoms with Gasteiger partial charge in [0.2, 0.25) is 0 Å². The molecule has 0 aliphatic heterocycles. The zero-order valence-electron chi connectivity index (χ0n) is 16.6. The average molecular weight is 442 g/mol. The van der Waals surface area contributed by atoms with Crippen molar-refractivity contribution in [1.29, 1.82) is 0 Å². The normalized spacial score (nSPS) is 12.4. The molecule has 0 saturated heterocycles. The zero-order chi connectivity index (χ0) is 19.9. The minimum absolute atomic E-state index is 0.0193. The van der Waals surface area contributed by atoms with Gasteiger partial charge in [-0.05, 0) is 55.8 Å². The molecule has 4 nitrogen and oxygen atoms in total. The molecule has 5 heteroatoms. The van der Waals surface area contributed by atoms with Gasteiger partial charge in [-0.25, -0.2) is 4.98 Å². The first-order valence-electron chi connectivity index (χ1n) is 10.2. The number of hydrogen-bond acceptors (Lipinski definition) is 3. The molecule has 1 unspecified atom stereocenters. The first-order valence-corrected chi connectivity index (χ1v) is 11.0. The number of nitrogens with one attached hydrogen (secondary N) is 1. The molecule has 0 amide bonds. The van der Waals surface area contributed by atoms with Crippen LogP contribution in [0.4, 0.5) is 0 Å². The van der Waals surface area contributed by atoms with Crippen LogP contribution in [0.1, 0.15) is 57.8 Å². The fourth-order valence-electron chi connectivity index (χ4n) is 3.47. The van der Waals surface area contributed by atoms with E-state index in [0.29, 0.717) is 5.39 Å². The highest BCUT2D eigenvalue weighted by molar-refractivity contribution is 9.10. The van der Waals surface area contributed by atoms with Gasteiger partial charge >= 0.3 is 0 Å². The first kappa shape index (κ1) is 20.7. The number of rotatable bonds is 9. The second-order valence-electron chi connectivity index (χ2n) is 7.08. The molecule has 1 aromatic heterocycles. The van der Waals surface area contributed by atoms with Gasteiger partial charge in [0.05, 0.1) is 22.6 Å². The second-order valence-corrected chi connectivity index (χ2v) is 8.00. The molecule has 3 aromatic rings. The third-order valence-corrected chi connectivity index (χ3v) is 5.56. The summed E-state index contributed by atoms with van der Waals surface area (Å²) in [5.41, 5.74) is 1.57. The van der Waals surface area contributed by atoms with Crippen molar-refractivity contribution in [3.63, 3.8) is 0 Å². The van der Waals surface area contributed by atoms with Crippen LogP contribution in [0.3, 0.4) is 0 Å². The summed E-state index contributed by atoms with van der Waals surface area (Å²) in [5, 5.41) is 4.27. The number of unbranched alkanes of at least 4 members (excludes halogenated alkanes) is 3. The minimum Gasteiger partial charge on any atom is -0.307 e. The standard InChI is InChI=1S/C23H28BrN3O/c1-3-5-6-9-16-25-20(4-2)22-26-21-11-8-7-10-19(21)23(28)27(22)18-14-12-17(24)13-15-18/h7-8,10-15,20,25H,3-6,9,16H2,1-2H3. The molecule has 0 aliphatic carbocycles. The van der Waals surface area contributed by atoms with Gasteiger partial charge in [-0.1, -0.05) is 61.2 Å². The molecule has 0 saturated carbocycles. The van der Waals surface area contributed by atoms with Crippen molar-refractivity contribution in [2.45, 2.75) is 52.0 Å². The van der Waals surface area contributed by atoms with Gasteiger partial charge in [0, 0.05) is 4.47 Å². The van der Waals surface area contributed by atoms with E-state index in [9.17, 15) is 4.79 Å². The topological polar surface area (TPSA) is 46.9 Å². The molecule has 0 spiro atoms. The molecule has 1 atom stereocenters. The number of benzene rings is 2. The Morgan fingerprint density at radius 3 is 2.50 bits per heavy atom. The first-order chi connectivity index (χ1) is 13.7. The Balaban J connectivity index is 2.04. The summed E-state index contributed by atoms with van der Waals surface area (Å²) in [4.78, 5) is 18.3. The Hall–Kier alpha value is -1.98. The van der Waals surface area contributed by atoms with Crippen molar-refractivity contribution >= 4 is 26.8 Å². The van der Waals surface area contributed by atoms with E-state index in [0.717, 1.165) is 40.9 Å². The molecular formula is C23H28BrN3O. The highest BCUT2D eigenvalue weighted by Gasteiger charge is 2.19. The Morgan fingerprint density at radius 2 is 1.79 bits per heavy atom. The SMILES string of the molecule is CCCCCCNC(CC)c1nc2ccccc2c(=O)n1-c1ccc(Br)cc1. The summed E-state index contributed by atoms with van der Waals surface area (Å²) < 4.78 is 2.75. The van der Waals surface area contributed by atoms with E-state index >= 15 is 0 Å². The zero-order valence-corrected chi connectivity index (χ0v) is 18.2. The largest absolute Gasteiger partial charge is 0.307 e. The fourth-order valence-corrected chi connectivity index (χ4v) is 3.73. The summed E-state index contributed by atoms with van der Waals surface area (Å²) in [6, 6.07) is 15.5. The van der Waals surface area contributed by atoms with Gasteiger partial charge in [0.15, 0.2) is 0 Å². The predicted molar refractivity (Wildman–Crippen MR) is 120 cm³/mol. The van der Waals surface area contributed by atoms with E-state index < -0.39 is 0 Å². The molecule has 1 heterocycles. The summed E-state index contributed by atoms with van der Waals surface area (Å²) in [6.07, 6.45) is 5.73. The lowest BCUT2D eigenvalue weighted by atomic mass is 10.1. The molecule has 3 rings (SSSR count). The monoisotopic (exact) mass is 441 g/mol. The molecule has 148 valence electrons. The smallest absolute Gasteiger partial charge is 0.266 e. The molecule has 2 aromatic carbocycles. The highest BCUT2D eigenvalue weighted by atomic mass is 79.9. The number of para-hydroxylation sites is 1. The summed E-state index contributed by atoms with van der Waals surface area (Å²) in [6.45, 7) is 5.29. The number of hydrogen-bond donors (Lipinski definition) is 1. The Bertz CT molecular complexity index is 966. The van der Waals surface area contributed by atoms with Gasteiger partial charge in [0.25, 0.3) is 5.56 Å².